The maximum absolute atomic E-state index is 13.7. The third-order valence-corrected chi connectivity index (χ3v) is 6.92. The monoisotopic (exact) mass is 469 g/mol. The molecule has 4 heterocycles. The third kappa shape index (κ3) is 3.41. The number of esters is 1. The number of nitrogens with one attached hydrogen (secondary N) is 1. The summed E-state index contributed by atoms with van der Waals surface area (Å²) in [6.45, 7) is 0.226. The molecule has 2 amide bonds. The fourth-order valence-electron chi connectivity index (χ4n) is 5.31. The Morgan fingerprint density at radius 3 is 2.63 bits per heavy atom. The molecule has 0 bridgehead atoms. The maximum Gasteiger partial charge on any atom is 0.337 e. The van der Waals surface area contributed by atoms with Gasteiger partial charge in [0.05, 0.1) is 31.5 Å². The molecule has 8 heteroatoms. The lowest BCUT2D eigenvalue weighted by molar-refractivity contribution is -0.159. The lowest BCUT2D eigenvalue weighted by Gasteiger charge is -2.47. The summed E-state index contributed by atoms with van der Waals surface area (Å²) >= 11 is 0. The number of hydrogen-bond acceptors (Lipinski definition) is 5. The van der Waals surface area contributed by atoms with E-state index in [-0.39, 0.29) is 24.9 Å². The van der Waals surface area contributed by atoms with Crippen molar-refractivity contribution in [2.75, 3.05) is 13.7 Å². The molecule has 176 valence electrons. The molecular weight excluding hydrogens is 446 g/mol. The molecular formula is C27H23N3O5. The molecule has 4 aromatic rings. The summed E-state index contributed by atoms with van der Waals surface area (Å²) in [5.41, 5.74) is 4.13. The number of methoxy groups -OCH3 is 1. The first kappa shape index (κ1) is 21.2. The number of carbonyl (C=O) groups excluding carboxylic acids is 3. The number of hydrogen-bond donors (Lipinski definition) is 1. The van der Waals surface area contributed by atoms with Crippen LogP contribution in [0.15, 0.2) is 71.3 Å². The quantitative estimate of drug-likeness (QED) is 0.462. The van der Waals surface area contributed by atoms with E-state index >= 15 is 0 Å². The first-order valence-electron chi connectivity index (χ1n) is 11.4. The Bertz CT molecular complexity index is 1440. The number of aromatic amines is 1. The number of carbonyl (C=O) groups is 3. The van der Waals surface area contributed by atoms with Gasteiger partial charge in [-0.1, -0.05) is 30.3 Å². The number of benzene rings is 2. The standard InChI is InChI=1S/C27H23N3O5/c1-34-27(33)17-10-8-16(9-11-17)25-24-20(19-6-2-3-7-21(19)28-24)13-22-26(32)29(15-23(31)30(22)25)14-18-5-4-12-35-18/h2-12,22,25,28H,13-15H2,1H3/t22-,25-/m0/s1. The molecule has 2 aliphatic rings. The SMILES string of the molecule is COC(=O)c1ccc([C@H]2c3[nH]c4ccccc4c3C[C@H]3C(=O)N(Cc4ccco4)CC(=O)N23)cc1. The molecule has 6 rings (SSSR count). The minimum absolute atomic E-state index is 0.0255. The molecule has 0 aliphatic carbocycles. The van der Waals surface area contributed by atoms with Crippen LogP contribution in [-0.4, -0.2) is 52.3 Å². The molecule has 2 atom stereocenters. The van der Waals surface area contributed by atoms with Crippen molar-refractivity contribution in [2.24, 2.45) is 0 Å². The largest absolute Gasteiger partial charge is 0.467 e. The number of piperazine rings is 1. The highest BCUT2D eigenvalue weighted by Gasteiger charge is 2.48. The maximum atomic E-state index is 13.7. The highest BCUT2D eigenvalue weighted by molar-refractivity contribution is 5.97. The van der Waals surface area contributed by atoms with E-state index < -0.39 is 18.1 Å². The Balaban J connectivity index is 1.45. The van der Waals surface area contributed by atoms with Crippen LogP contribution >= 0.6 is 0 Å². The minimum atomic E-state index is -0.636. The van der Waals surface area contributed by atoms with Crippen LogP contribution in [0.4, 0.5) is 0 Å². The van der Waals surface area contributed by atoms with E-state index in [2.05, 4.69) is 4.98 Å². The van der Waals surface area contributed by atoms with Gasteiger partial charge in [0.25, 0.3) is 0 Å². The molecule has 1 N–H and O–H groups in total. The second-order valence-corrected chi connectivity index (χ2v) is 8.87. The number of ether oxygens (including phenoxy) is 1. The van der Waals surface area contributed by atoms with Gasteiger partial charge < -0.3 is 23.9 Å². The molecule has 2 aromatic carbocycles. The predicted molar refractivity (Wildman–Crippen MR) is 126 cm³/mol. The van der Waals surface area contributed by atoms with Gasteiger partial charge in [-0.05, 0) is 41.5 Å². The number of aromatic nitrogens is 1. The minimum Gasteiger partial charge on any atom is -0.467 e. The summed E-state index contributed by atoms with van der Waals surface area (Å²) in [6, 6.07) is 17.4. The fourth-order valence-corrected chi connectivity index (χ4v) is 5.31. The van der Waals surface area contributed by atoms with E-state index in [4.69, 9.17) is 9.15 Å². The van der Waals surface area contributed by atoms with Gasteiger partial charge in [0.15, 0.2) is 0 Å². The lowest BCUT2D eigenvalue weighted by Crippen LogP contribution is -2.62. The molecule has 35 heavy (non-hydrogen) atoms. The first-order valence-corrected chi connectivity index (χ1v) is 11.4. The summed E-state index contributed by atoms with van der Waals surface area (Å²) in [5, 5.41) is 1.04. The second kappa shape index (κ2) is 8.16. The highest BCUT2D eigenvalue weighted by Crippen LogP contribution is 2.42. The van der Waals surface area contributed by atoms with Crippen molar-refractivity contribution in [3.63, 3.8) is 0 Å². The third-order valence-electron chi connectivity index (χ3n) is 6.92. The average Bonchev–Trinajstić information content (AvgIpc) is 3.53. The number of furan rings is 1. The molecule has 2 aliphatic heterocycles. The van der Waals surface area contributed by atoms with Crippen molar-refractivity contribution in [3.05, 3.63) is 95.1 Å². The second-order valence-electron chi connectivity index (χ2n) is 8.87. The number of nitrogens with zero attached hydrogens (tertiary/aromatic N) is 2. The van der Waals surface area contributed by atoms with Gasteiger partial charge in [-0.25, -0.2) is 4.79 Å². The van der Waals surface area contributed by atoms with Gasteiger partial charge in [-0.2, -0.15) is 0 Å². The Kier molecular flexibility index (Phi) is 4.95. The summed E-state index contributed by atoms with van der Waals surface area (Å²) in [4.78, 5) is 46.0. The van der Waals surface area contributed by atoms with Crippen molar-refractivity contribution >= 4 is 28.7 Å². The smallest absolute Gasteiger partial charge is 0.337 e. The molecule has 1 fully saturated rings. The number of amides is 2. The van der Waals surface area contributed by atoms with Crippen LogP contribution in [0, 0.1) is 0 Å². The van der Waals surface area contributed by atoms with Crippen LogP contribution in [0.25, 0.3) is 10.9 Å². The Labute approximate surface area is 201 Å². The number of rotatable bonds is 4. The first-order chi connectivity index (χ1) is 17.0. The number of H-pyrrole nitrogens is 1. The van der Waals surface area contributed by atoms with Crippen LogP contribution < -0.4 is 0 Å². The Hall–Kier alpha value is -4.33. The zero-order valence-electron chi connectivity index (χ0n) is 19.1. The molecule has 8 nitrogen and oxygen atoms in total. The lowest BCUT2D eigenvalue weighted by atomic mass is 9.86. The summed E-state index contributed by atoms with van der Waals surface area (Å²) < 4.78 is 10.2. The molecule has 0 spiro atoms. The van der Waals surface area contributed by atoms with Crippen LogP contribution in [0.2, 0.25) is 0 Å². The zero-order valence-corrected chi connectivity index (χ0v) is 19.1. The van der Waals surface area contributed by atoms with E-state index in [1.54, 1.807) is 40.3 Å². The predicted octanol–water partition coefficient (Wildman–Crippen LogP) is 3.43. The van der Waals surface area contributed by atoms with Crippen LogP contribution in [-0.2, 0) is 27.3 Å². The highest BCUT2D eigenvalue weighted by atomic mass is 16.5. The van der Waals surface area contributed by atoms with E-state index in [9.17, 15) is 14.4 Å². The van der Waals surface area contributed by atoms with Gasteiger partial charge in [0, 0.05) is 23.0 Å². The van der Waals surface area contributed by atoms with Crippen molar-refractivity contribution < 1.29 is 23.5 Å². The van der Waals surface area contributed by atoms with Crippen molar-refractivity contribution in [2.45, 2.75) is 25.0 Å². The number of para-hydroxylation sites is 1. The van der Waals surface area contributed by atoms with Gasteiger partial charge in [-0.15, -0.1) is 0 Å². The van der Waals surface area contributed by atoms with Crippen molar-refractivity contribution in [1.82, 2.24) is 14.8 Å². The molecule has 2 aromatic heterocycles. The van der Waals surface area contributed by atoms with Crippen LogP contribution in [0.1, 0.15) is 39.0 Å². The van der Waals surface area contributed by atoms with Crippen molar-refractivity contribution in [1.29, 1.82) is 0 Å². The van der Waals surface area contributed by atoms with Crippen LogP contribution in [0.3, 0.4) is 0 Å². The Morgan fingerprint density at radius 2 is 1.89 bits per heavy atom. The average molecular weight is 469 g/mol. The molecule has 0 radical (unpaired) electrons. The van der Waals surface area contributed by atoms with Crippen molar-refractivity contribution in [3.8, 4) is 0 Å². The van der Waals surface area contributed by atoms with Gasteiger partial charge in [-0.3, -0.25) is 9.59 Å². The van der Waals surface area contributed by atoms with Gasteiger partial charge in [0.2, 0.25) is 11.8 Å². The zero-order chi connectivity index (χ0) is 24.1. The number of fused-ring (bicyclic) bond motifs is 4. The van der Waals surface area contributed by atoms with Gasteiger partial charge in [0.1, 0.15) is 18.3 Å². The van der Waals surface area contributed by atoms with E-state index in [1.165, 1.54) is 7.11 Å². The molecule has 0 unspecified atom stereocenters. The van der Waals surface area contributed by atoms with E-state index in [1.807, 2.05) is 36.4 Å². The Morgan fingerprint density at radius 1 is 1.09 bits per heavy atom. The van der Waals surface area contributed by atoms with E-state index in [0.29, 0.717) is 17.7 Å². The topological polar surface area (TPSA) is 95.9 Å². The normalized spacial score (nSPS) is 19.6. The molecule has 0 saturated carbocycles. The summed E-state index contributed by atoms with van der Waals surface area (Å²) in [6.07, 6.45) is 1.99. The fraction of sp³-hybridized carbons (Fsp3) is 0.222. The summed E-state index contributed by atoms with van der Waals surface area (Å²) in [7, 11) is 1.34. The van der Waals surface area contributed by atoms with E-state index in [0.717, 1.165) is 27.7 Å². The van der Waals surface area contributed by atoms with Gasteiger partial charge >= 0.3 is 5.97 Å². The van der Waals surface area contributed by atoms with Crippen LogP contribution in [0.5, 0.6) is 0 Å². The molecule has 1 saturated heterocycles. The summed E-state index contributed by atoms with van der Waals surface area (Å²) in [5.74, 6) is -0.0269.